The molecule has 1 N–H and O–H groups in total. The van der Waals surface area contributed by atoms with Crippen LogP contribution in [0.4, 0.5) is 5.69 Å². The zero-order valence-electron chi connectivity index (χ0n) is 13.0. The quantitative estimate of drug-likeness (QED) is 0.738. The summed E-state index contributed by atoms with van der Waals surface area (Å²) in [5.74, 6) is -0.296. The third kappa shape index (κ3) is 3.90. The number of sulfone groups is 1. The third-order valence-corrected chi connectivity index (χ3v) is 5.62. The van der Waals surface area contributed by atoms with Crippen molar-refractivity contribution in [2.24, 2.45) is 0 Å². The summed E-state index contributed by atoms with van der Waals surface area (Å²) in [6.07, 6.45) is 0. The molecule has 0 aliphatic carbocycles. The highest BCUT2D eigenvalue weighted by Gasteiger charge is 2.17. The number of hydrogen-bond acceptors (Lipinski definition) is 3. The minimum Gasteiger partial charge on any atom is -0.322 e. The van der Waals surface area contributed by atoms with E-state index in [-0.39, 0.29) is 15.7 Å². The Kier molecular flexibility index (Phi) is 4.88. The minimum atomic E-state index is -3.57. The number of anilines is 1. The van der Waals surface area contributed by atoms with Crippen LogP contribution in [0.2, 0.25) is 5.02 Å². The fourth-order valence-corrected chi connectivity index (χ4v) is 3.67. The second kappa shape index (κ2) is 7.09. The summed E-state index contributed by atoms with van der Waals surface area (Å²) in [7, 11) is -3.57. The van der Waals surface area contributed by atoms with Gasteiger partial charge in [-0.1, -0.05) is 29.8 Å². The molecular weight excluding hydrogens is 358 g/mol. The Bertz CT molecular complexity index is 983. The lowest BCUT2D eigenvalue weighted by Crippen LogP contribution is -2.11. The lowest BCUT2D eigenvalue weighted by molar-refractivity contribution is 0.102. The van der Waals surface area contributed by atoms with Gasteiger partial charge in [-0.15, -0.1) is 0 Å². The first kappa shape index (κ1) is 17.2. The summed E-state index contributed by atoms with van der Waals surface area (Å²) in [5, 5.41) is 3.27. The van der Waals surface area contributed by atoms with Gasteiger partial charge in [-0.25, -0.2) is 8.42 Å². The van der Waals surface area contributed by atoms with Crippen molar-refractivity contribution in [3.05, 3.63) is 89.4 Å². The normalized spacial score (nSPS) is 11.1. The minimum absolute atomic E-state index is 0.170. The molecule has 3 aromatic carbocycles. The molecule has 0 atom stereocenters. The van der Waals surface area contributed by atoms with Crippen LogP contribution in [0, 0.1) is 0 Å². The molecule has 6 heteroatoms. The van der Waals surface area contributed by atoms with Crippen molar-refractivity contribution in [2.45, 2.75) is 9.79 Å². The summed E-state index contributed by atoms with van der Waals surface area (Å²) in [5.41, 5.74) is 0.970. The van der Waals surface area contributed by atoms with Crippen molar-refractivity contribution in [3.8, 4) is 0 Å². The van der Waals surface area contributed by atoms with E-state index >= 15 is 0 Å². The van der Waals surface area contributed by atoms with Gasteiger partial charge in [0.05, 0.1) is 9.79 Å². The number of benzene rings is 3. The standard InChI is InChI=1S/C19H14ClNO3S/c20-15-8-6-14(7-9-15)19(22)21-16-10-12-18(13-11-16)25(23,24)17-4-2-1-3-5-17/h1-13H,(H,21,22). The lowest BCUT2D eigenvalue weighted by Gasteiger charge is -2.08. The molecule has 0 aromatic heterocycles. The van der Waals surface area contributed by atoms with E-state index in [1.165, 1.54) is 12.1 Å². The Hall–Kier alpha value is -2.63. The molecule has 0 spiro atoms. The molecule has 0 heterocycles. The predicted octanol–water partition coefficient (Wildman–Crippen LogP) is 4.43. The molecule has 0 fully saturated rings. The monoisotopic (exact) mass is 371 g/mol. The lowest BCUT2D eigenvalue weighted by atomic mass is 10.2. The molecule has 126 valence electrons. The first-order valence-corrected chi connectivity index (χ1v) is 9.30. The van der Waals surface area contributed by atoms with E-state index in [4.69, 9.17) is 11.6 Å². The highest BCUT2D eigenvalue weighted by Crippen LogP contribution is 2.22. The van der Waals surface area contributed by atoms with Crippen LogP contribution in [0.3, 0.4) is 0 Å². The van der Waals surface area contributed by atoms with E-state index in [0.29, 0.717) is 16.3 Å². The predicted molar refractivity (Wildman–Crippen MR) is 97.7 cm³/mol. The second-order valence-electron chi connectivity index (χ2n) is 5.30. The maximum absolute atomic E-state index is 12.5. The van der Waals surface area contributed by atoms with Crippen molar-refractivity contribution in [3.63, 3.8) is 0 Å². The number of rotatable bonds is 4. The molecule has 0 saturated heterocycles. The van der Waals surface area contributed by atoms with Crippen LogP contribution in [0.25, 0.3) is 0 Å². The highest BCUT2D eigenvalue weighted by molar-refractivity contribution is 7.91. The Labute approximate surface area is 151 Å². The van der Waals surface area contributed by atoms with E-state index in [1.54, 1.807) is 66.7 Å². The molecule has 0 radical (unpaired) electrons. The van der Waals surface area contributed by atoms with Crippen molar-refractivity contribution in [1.29, 1.82) is 0 Å². The van der Waals surface area contributed by atoms with Crippen LogP contribution in [0.5, 0.6) is 0 Å². The van der Waals surface area contributed by atoms with Crippen LogP contribution >= 0.6 is 11.6 Å². The number of amides is 1. The van der Waals surface area contributed by atoms with Gasteiger partial charge in [0, 0.05) is 16.3 Å². The van der Waals surface area contributed by atoms with Gasteiger partial charge in [-0.3, -0.25) is 4.79 Å². The van der Waals surface area contributed by atoms with Gasteiger partial charge in [0.2, 0.25) is 9.84 Å². The number of carbonyl (C=O) groups excluding carboxylic acids is 1. The van der Waals surface area contributed by atoms with E-state index in [1.807, 2.05) is 0 Å². The van der Waals surface area contributed by atoms with Gasteiger partial charge in [0.1, 0.15) is 0 Å². The van der Waals surface area contributed by atoms with Gasteiger partial charge in [-0.05, 0) is 60.7 Å². The Morgan fingerprint density at radius 3 is 1.92 bits per heavy atom. The molecular formula is C19H14ClNO3S. The molecule has 3 aromatic rings. The van der Waals surface area contributed by atoms with Crippen LogP contribution in [0.1, 0.15) is 10.4 Å². The largest absolute Gasteiger partial charge is 0.322 e. The number of carbonyl (C=O) groups is 1. The van der Waals surface area contributed by atoms with Gasteiger partial charge in [0.15, 0.2) is 0 Å². The van der Waals surface area contributed by atoms with Crippen molar-refractivity contribution < 1.29 is 13.2 Å². The molecule has 0 bridgehead atoms. The highest BCUT2D eigenvalue weighted by atomic mass is 35.5. The first-order chi connectivity index (χ1) is 12.0. The van der Waals surface area contributed by atoms with Crippen molar-refractivity contribution in [1.82, 2.24) is 0 Å². The molecule has 25 heavy (non-hydrogen) atoms. The summed E-state index contributed by atoms with van der Waals surface area (Å²) in [6.45, 7) is 0. The average Bonchev–Trinajstić information content (AvgIpc) is 2.63. The van der Waals surface area contributed by atoms with Gasteiger partial charge in [-0.2, -0.15) is 0 Å². The zero-order valence-corrected chi connectivity index (χ0v) is 14.6. The topological polar surface area (TPSA) is 63.2 Å². The van der Waals surface area contributed by atoms with E-state index in [0.717, 1.165) is 0 Å². The molecule has 3 rings (SSSR count). The number of nitrogens with one attached hydrogen (secondary N) is 1. The zero-order chi connectivity index (χ0) is 17.9. The SMILES string of the molecule is O=C(Nc1ccc(S(=O)(=O)c2ccccc2)cc1)c1ccc(Cl)cc1. The van der Waals surface area contributed by atoms with Gasteiger partial charge < -0.3 is 5.32 Å². The molecule has 0 unspecified atom stereocenters. The maximum atomic E-state index is 12.5. The van der Waals surface area contributed by atoms with Crippen LogP contribution in [-0.4, -0.2) is 14.3 Å². The fraction of sp³-hybridized carbons (Fsp3) is 0. The molecule has 0 aliphatic heterocycles. The van der Waals surface area contributed by atoms with E-state index < -0.39 is 9.84 Å². The number of hydrogen-bond donors (Lipinski definition) is 1. The van der Waals surface area contributed by atoms with Crippen LogP contribution < -0.4 is 5.32 Å². The first-order valence-electron chi connectivity index (χ1n) is 7.44. The Morgan fingerprint density at radius 1 is 0.760 bits per heavy atom. The molecule has 0 saturated carbocycles. The Balaban J connectivity index is 1.78. The van der Waals surface area contributed by atoms with Crippen LogP contribution in [0.15, 0.2) is 88.7 Å². The smallest absolute Gasteiger partial charge is 0.255 e. The molecule has 4 nitrogen and oxygen atoms in total. The summed E-state index contributed by atoms with van der Waals surface area (Å²) < 4.78 is 25.0. The van der Waals surface area contributed by atoms with Crippen molar-refractivity contribution in [2.75, 3.05) is 5.32 Å². The summed E-state index contributed by atoms with van der Waals surface area (Å²) in [4.78, 5) is 12.6. The van der Waals surface area contributed by atoms with Gasteiger partial charge in [0.25, 0.3) is 5.91 Å². The Morgan fingerprint density at radius 2 is 1.32 bits per heavy atom. The van der Waals surface area contributed by atoms with Crippen LogP contribution in [-0.2, 0) is 9.84 Å². The van der Waals surface area contributed by atoms with Crippen molar-refractivity contribution >= 4 is 33.0 Å². The average molecular weight is 372 g/mol. The van der Waals surface area contributed by atoms with Gasteiger partial charge >= 0.3 is 0 Å². The summed E-state index contributed by atoms with van der Waals surface area (Å²) in [6, 6.07) is 20.8. The van der Waals surface area contributed by atoms with E-state index in [9.17, 15) is 13.2 Å². The second-order valence-corrected chi connectivity index (χ2v) is 7.69. The van der Waals surface area contributed by atoms with E-state index in [2.05, 4.69) is 5.32 Å². The molecule has 1 amide bonds. The maximum Gasteiger partial charge on any atom is 0.255 e. The molecule has 0 aliphatic rings. The fourth-order valence-electron chi connectivity index (χ4n) is 2.26. The third-order valence-electron chi connectivity index (χ3n) is 3.58. The summed E-state index contributed by atoms with van der Waals surface area (Å²) >= 11 is 5.80. The number of halogens is 1.